The first-order chi connectivity index (χ1) is 16.3. The van der Waals surface area contributed by atoms with Gasteiger partial charge in [0.2, 0.25) is 0 Å². The minimum atomic E-state index is -3.92. The highest BCUT2D eigenvalue weighted by Gasteiger charge is 2.37. The van der Waals surface area contributed by atoms with Crippen LogP contribution in [0.1, 0.15) is 83.6 Å². The largest absolute Gasteiger partial charge is 0.549 e. The number of carbonyl (C=O) groups is 1. The number of rotatable bonds is 10. The molecule has 8 nitrogen and oxygen atoms in total. The normalized spacial score (nSPS) is 18.6. The first kappa shape index (κ1) is 28.6. The molecule has 0 amide bonds. The molecule has 0 heterocycles. The highest BCUT2D eigenvalue weighted by Crippen LogP contribution is 2.54. The average Bonchev–Trinajstić information content (AvgIpc) is 2.80. The van der Waals surface area contributed by atoms with E-state index in [1.54, 1.807) is 13.8 Å². The zero-order valence-electron chi connectivity index (χ0n) is 20.6. The molecule has 0 spiro atoms. The molecule has 1 aromatic rings. The van der Waals surface area contributed by atoms with Crippen LogP contribution in [0.2, 0.25) is 0 Å². The van der Waals surface area contributed by atoms with Crippen molar-refractivity contribution in [3.05, 3.63) is 23.8 Å². The minimum absolute atomic E-state index is 0.0165. The van der Waals surface area contributed by atoms with E-state index in [2.05, 4.69) is 5.32 Å². The van der Waals surface area contributed by atoms with E-state index in [1.807, 2.05) is 0 Å². The lowest BCUT2D eigenvalue weighted by Gasteiger charge is -2.27. The molecule has 2 aliphatic rings. The highest BCUT2D eigenvalue weighted by molar-refractivity contribution is 7.55. The molecule has 2 saturated carbocycles. The van der Waals surface area contributed by atoms with E-state index in [0.29, 0.717) is 0 Å². The van der Waals surface area contributed by atoms with E-state index in [0.717, 1.165) is 18.2 Å². The Morgan fingerprint density at radius 2 is 1.50 bits per heavy atom. The van der Waals surface area contributed by atoms with E-state index in [-0.39, 0.29) is 36.7 Å². The molecule has 9 heteroatoms. The van der Waals surface area contributed by atoms with Gasteiger partial charge >= 0.3 is 7.60 Å². The van der Waals surface area contributed by atoms with Crippen LogP contribution in [0.5, 0.6) is 11.5 Å². The van der Waals surface area contributed by atoms with E-state index >= 15 is 0 Å². The minimum Gasteiger partial charge on any atom is -0.549 e. The lowest BCUT2D eigenvalue weighted by atomic mass is 9.91. The quantitative estimate of drug-likeness (QED) is 0.421. The molecule has 1 aromatic carbocycles. The Balaban J connectivity index is 0.000000266. The van der Waals surface area contributed by atoms with Crippen LogP contribution in [0.25, 0.3) is 0 Å². The van der Waals surface area contributed by atoms with E-state index in [9.17, 15) is 24.7 Å². The van der Waals surface area contributed by atoms with E-state index < -0.39 is 19.2 Å². The molecule has 0 saturated heterocycles. The van der Waals surface area contributed by atoms with Gasteiger partial charge in [-0.1, -0.05) is 18.9 Å². The fourth-order valence-corrected chi connectivity index (χ4v) is 6.71. The molecule has 1 atom stereocenters. The van der Waals surface area contributed by atoms with Crippen LogP contribution < -0.4 is 10.4 Å². The maximum absolute atomic E-state index is 12.5. The van der Waals surface area contributed by atoms with Gasteiger partial charge in [-0.05, 0) is 83.3 Å². The van der Waals surface area contributed by atoms with Crippen molar-refractivity contribution in [2.24, 2.45) is 0 Å². The molecule has 4 N–H and O–H groups in total. The SMILES string of the molecule is C1CCC([NH2+]C2CCCCC2)CC1.CCOP(=O)(OCC)C(Cc1ccc(O)cc1O)C(=O)[O-]. The van der Waals surface area contributed by atoms with Gasteiger partial charge in [-0.2, -0.15) is 0 Å². The van der Waals surface area contributed by atoms with Crippen molar-refractivity contribution in [3.63, 3.8) is 0 Å². The second-order valence-electron chi connectivity index (χ2n) is 9.22. The molecule has 0 aliphatic heterocycles. The van der Waals surface area contributed by atoms with Crippen molar-refractivity contribution in [2.75, 3.05) is 13.2 Å². The van der Waals surface area contributed by atoms with E-state index in [1.165, 1.54) is 76.3 Å². The van der Waals surface area contributed by atoms with Gasteiger partial charge in [0.15, 0.2) is 0 Å². The third kappa shape index (κ3) is 9.21. The topological polar surface area (TPSA) is 133 Å². The van der Waals surface area contributed by atoms with Crippen molar-refractivity contribution in [2.45, 2.75) is 102 Å². The van der Waals surface area contributed by atoms with Gasteiger partial charge in [0.05, 0.1) is 31.3 Å². The summed E-state index contributed by atoms with van der Waals surface area (Å²) in [6.45, 7) is 3.16. The van der Waals surface area contributed by atoms with Crippen molar-refractivity contribution in [1.29, 1.82) is 0 Å². The summed E-state index contributed by atoms with van der Waals surface area (Å²) in [6, 6.07) is 5.68. The summed E-state index contributed by atoms with van der Waals surface area (Å²) in [6.07, 6.45) is 14.7. The monoisotopic (exact) mass is 499 g/mol. The van der Waals surface area contributed by atoms with Crippen LogP contribution in [0.15, 0.2) is 18.2 Å². The van der Waals surface area contributed by atoms with Gasteiger partial charge in [0.1, 0.15) is 17.2 Å². The van der Waals surface area contributed by atoms with Crippen LogP contribution in [0, 0.1) is 0 Å². The molecule has 34 heavy (non-hydrogen) atoms. The summed E-state index contributed by atoms with van der Waals surface area (Å²) < 4.78 is 22.6. The molecule has 2 aliphatic carbocycles. The Bertz CT molecular complexity index is 765. The van der Waals surface area contributed by atoms with Gasteiger partial charge in [0.25, 0.3) is 0 Å². The Labute approximate surface area is 203 Å². The number of carboxylic acid groups (broad SMARTS) is 1. The van der Waals surface area contributed by atoms with Gasteiger partial charge in [-0.15, -0.1) is 0 Å². The predicted octanol–water partition coefficient (Wildman–Crippen LogP) is 3.24. The molecule has 2 fully saturated rings. The fourth-order valence-electron chi connectivity index (χ4n) is 4.87. The second-order valence-corrected chi connectivity index (χ2v) is 11.4. The standard InChI is InChI=1S/C13H19O7P.C12H23N/c1-3-19-21(18,20-4-2)12(13(16)17)7-9-5-6-10(14)8-11(9)15;1-3-7-11(8-4-1)13-12-9-5-2-6-10-12/h5-6,8,12,14-15H,3-4,7H2,1-2H3,(H,16,17);11-13H,1-10H2. The lowest BCUT2D eigenvalue weighted by Crippen LogP contribution is -2.95. The Kier molecular flexibility index (Phi) is 12.4. The predicted molar refractivity (Wildman–Crippen MR) is 129 cm³/mol. The molecule has 0 aromatic heterocycles. The number of benzene rings is 1. The summed E-state index contributed by atoms with van der Waals surface area (Å²) in [5.74, 6) is -2.06. The molecule has 0 bridgehead atoms. The zero-order valence-corrected chi connectivity index (χ0v) is 21.5. The number of hydrogen-bond acceptors (Lipinski definition) is 7. The molecule has 3 rings (SSSR count). The second kappa shape index (κ2) is 14.7. The van der Waals surface area contributed by atoms with Crippen LogP contribution in [0.4, 0.5) is 0 Å². The number of phenols is 2. The van der Waals surface area contributed by atoms with Crippen molar-refractivity contribution in [3.8, 4) is 11.5 Å². The average molecular weight is 500 g/mol. The Morgan fingerprint density at radius 3 is 1.91 bits per heavy atom. The number of carbonyl (C=O) groups excluding carboxylic acids is 1. The van der Waals surface area contributed by atoms with Crippen molar-refractivity contribution in [1.82, 2.24) is 0 Å². The van der Waals surface area contributed by atoms with E-state index in [4.69, 9.17) is 9.05 Å². The third-order valence-electron chi connectivity index (χ3n) is 6.60. The molecule has 194 valence electrons. The smallest absolute Gasteiger partial charge is 0.339 e. The number of nitrogens with two attached hydrogens (primary N) is 1. The number of phenolic OH excluding ortho intramolecular Hbond substituents is 2. The molecular formula is C25H42NO7P. The molecular weight excluding hydrogens is 457 g/mol. The summed E-state index contributed by atoms with van der Waals surface area (Å²) in [5, 5.41) is 32.9. The van der Waals surface area contributed by atoms with Crippen LogP contribution in [-0.4, -0.2) is 47.1 Å². The highest BCUT2D eigenvalue weighted by atomic mass is 31.2. The van der Waals surface area contributed by atoms with Crippen LogP contribution in [0.3, 0.4) is 0 Å². The maximum atomic E-state index is 12.5. The van der Waals surface area contributed by atoms with Crippen molar-refractivity contribution >= 4 is 13.6 Å². The number of aromatic hydroxyl groups is 2. The van der Waals surface area contributed by atoms with Crippen LogP contribution >= 0.6 is 7.60 Å². The zero-order chi connectivity index (χ0) is 25.0. The first-order valence-corrected chi connectivity index (χ1v) is 14.4. The Hall–Kier alpha value is -1.60. The van der Waals surface area contributed by atoms with Gasteiger partial charge in [0, 0.05) is 6.07 Å². The van der Waals surface area contributed by atoms with Crippen LogP contribution in [-0.2, 0) is 24.8 Å². The van der Waals surface area contributed by atoms with Gasteiger partial charge in [-0.25, -0.2) is 0 Å². The first-order valence-electron chi connectivity index (χ1n) is 12.7. The summed E-state index contributed by atoms with van der Waals surface area (Å²) in [7, 11) is -3.92. The summed E-state index contributed by atoms with van der Waals surface area (Å²) in [4.78, 5) is 11.3. The fraction of sp³-hybridized carbons (Fsp3) is 0.720. The molecule has 0 radical (unpaired) electrons. The summed E-state index contributed by atoms with van der Waals surface area (Å²) in [5.41, 5.74) is -1.35. The summed E-state index contributed by atoms with van der Waals surface area (Å²) >= 11 is 0. The molecule has 1 unspecified atom stereocenters. The Morgan fingerprint density at radius 1 is 1.00 bits per heavy atom. The maximum Gasteiger partial charge on any atom is 0.339 e. The van der Waals surface area contributed by atoms with Gasteiger partial charge in [-0.3, -0.25) is 4.57 Å². The number of carboxylic acids is 1. The third-order valence-corrected chi connectivity index (χ3v) is 8.99. The van der Waals surface area contributed by atoms with Crippen molar-refractivity contribution < 1.29 is 39.0 Å². The van der Waals surface area contributed by atoms with Gasteiger partial charge < -0.3 is 34.5 Å². The lowest BCUT2D eigenvalue weighted by molar-refractivity contribution is -0.725. The number of quaternary nitrogens is 1. The number of hydrogen-bond donors (Lipinski definition) is 3. The number of aliphatic carboxylic acids is 1.